The largest absolute Gasteiger partial charge is 0.497 e. The summed E-state index contributed by atoms with van der Waals surface area (Å²) in [6.07, 6.45) is 3.51. The van der Waals surface area contributed by atoms with Gasteiger partial charge >= 0.3 is 6.03 Å². The minimum atomic E-state index is -0.486. The van der Waals surface area contributed by atoms with Crippen molar-refractivity contribution in [3.63, 3.8) is 0 Å². The van der Waals surface area contributed by atoms with E-state index in [9.17, 15) is 14.4 Å². The molecule has 0 bridgehead atoms. The fourth-order valence-corrected chi connectivity index (χ4v) is 6.26. The lowest BCUT2D eigenvalue weighted by molar-refractivity contribution is -0.141. The van der Waals surface area contributed by atoms with Crippen molar-refractivity contribution in [2.75, 3.05) is 52.7 Å². The second kappa shape index (κ2) is 8.30. The number of amides is 4. The Morgan fingerprint density at radius 3 is 2.44 bits per heavy atom. The molecule has 4 rings (SSSR count). The lowest BCUT2D eigenvalue weighted by Crippen LogP contribution is -2.50. The Balaban J connectivity index is 1.47. The summed E-state index contributed by atoms with van der Waals surface area (Å²) < 4.78 is 5.23. The van der Waals surface area contributed by atoms with Gasteiger partial charge in [-0.05, 0) is 49.1 Å². The quantitative estimate of drug-likeness (QED) is 0.780. The number of hydrogen-bond donors (Lipinski definition) is 1. The smallest absolute Gasteiger partial charge is 0.321 e. The average Bonchev–Trinajstić information content (AvgIpc) is 3.31. The number of likely N-dealkylation sites (tertiary alicyclic amines) is 2. The molecule has 1 spiro atoms. The first-order valence-electron chi connectivity index (χ1n) is 11.4. The molecule has 1 aliphatic carbocycles. The van der Waals surface area contributed by atoms with Crippen LogP contribution in [0.2, 0.25) is 0 Å². The molecule has 2 saturated heterocycles. The fraction of sp³-hybridized carbons (Fsp3) is 0.625. The van der Waals surface area contributed by atoms with Gasteiger partial charge in [0.1, 0.15) is 5.75 Å². The minimum absolute atomic E-state index is 0.00260. The van der Waals surface area contributed by atoms with E-state index >= 15 is 0 Å². The maximum absolute atomic E-state index is 13.3. The molecule has 1 saturated carbocycles. The Kier molecular flexibility index (Phi) is 5.81. The summed E-state index contributed by atoms with van der Waals surface area (Å²) >= 11 is 0. The number of hydrogen-bond acceptors (Lipinski definition) is 4. The molecule has 3 fully saturated rings. The van der Waals surface area contributed by atoms with E-state index in [1.165, 1.54) is 0 Å². The van der Waals surface area contributed by atoms with Crippen LogP contribution in [-0.4, -0.2) is 79.9 Å². The first-order chi connectivity index (χ1) is 15.2. The van der Waals surface area contributed by atoms with Gasteiger partial charge in [0.15, 0.2) is 0 Å². The zero-order chi connectivity index (χ0) is 23.1. The molecule has 0 aromatic heterocycles. The molecule has 0 unspecified atom stereocenters. The first kappa shape index (κ1) is 22.4. The second-order valence-corrected chi connectivity index (χ2v) is 9.82. The third kappa shape index (κ3) is 3.69. The van der Waals surface area contributed by atoms with E-state index in [4.69, 9.17) is 4.74 Å². The van der Waals surface area contributed by atoms with Crippen molar-refractivity contribution < 1.29 is 19.1 Å². The van der Waals surface area contributed by atoms with Gasteiger partial charge in [-0.1, -0.05) is 6.07 Å². The highest BCUT2D eigenvalue weighted by atomic mass is 16.5. The maximum atomic E-state index is 13.3. The topological polar surface area (TPSA) is 82.2 Å². The van der Waals surface area contributed by atoms with Crippen molar-refractivity contribution in [1.29, 1.82) is 0 Å². The number of urea groups is 1. The van der Waals surface area contributed by atoms with Gasteiger partial charge in [-0.15, -0.1) is 0 Å². The van der Waals surface area contributed by atoms with Crippen LogP contribution in [0.5, 0.6) is 5.75 Å². The molecular weight excluding hydrogens is 408 g/mol. The summed E-state index contributed by atoms with van der Waals surface area (Å²) in [7, 11) is 5.21. The number of benzene rings is 1. The molecule has 0 radical (unpaired) electrons. The van der Waals surface area contributed by atoms with E-state index in [1.54, 1.807) is 39.1 Å². The van der Waals surface area contributed by atoms with E-state index in [2.05, 4.69) is 5.32 Å². The Labute approximate surface area is 189 Å². The van der Waals surface area contributed by atoms with E-state index in [-0.39, 0.29) is 29.2 Å². The number of nitrogens with zero attached hydrogens (tertiary/aromatic N) is 3. The van der Waals surface area contributed by atoms with Gasteiger partial charge in [0.2, 0.25) is 11.8 Å². The first-order valence-corrected chi connectivity index (χ1v) is 11.4. The molecular formula is C24H34N4O4. The summed E-state index contributed by atoms with van der Waals surface area (Å²) in [5.41, 5.74) is 0.224. The Morgan fingerprint density at radius 2 is 1.81 bits per heavy atom. The summed E-state index contributed by atoms with van der Waals surface area (Å²) in [5.74, 6) is 1.03. The number of carbonyl (C=O) groups is 3. The van der Waals surface area contributed by atoms with Crippen LogP contribution in [0, 0.1) is 16.7 Å². The van der Waals surface area contributed by atoms with E-state index in [0.717, 1.165) is 25.7 Å². The number of carbonyl (C=O) groups excluding carboxylic acids is 3. The predicted octanol–water partition coefficient (Wildman–Crippen LogP) is 2.66. The van der Waals surface area contributed by atoms with Crippen LogP contribution < -0.4 is 10.1 Å². The van der Waals surface area contributed by atoms with Crippen molar-refractivity contribution in [1.82, 2.24) is 14.7 Å². The number of anilines is 1. The highest BCUT2D eigenvalue weighted by Crippen LogP contribution is 2.62. The average molecular weight is 443 g/mol. The predicted molar refractivity (Wildman–Crippen MR) is 121 cm³/mol. The summed E-state index contributed by atoms with van der Waals surface area (Å²) in [4.78, 5) is 43.7. The van der Waals surface area contributed by atoms with Crippen LogP contribution in [0.1, 0.15) is 32.6 Å². The van der Waals surface area contributed by atoms with Crippen molar-refractivity contribution in [3.8, 4) is 5.75 Å². The zero-order valence-corrected chi connectivity index (χ0v) is 19.5. The number of piperidine rings is 1. The van der Waals surface area contributed by atoms with Gasteiger partial charge in [0, 0.05) is 59.0 Å². The highest BCUT2D eigenvalue weighted by molar-refractivity contribution is 5.89. The second-order valence-electron chi connectivity index (χ2n) is 9.82. The third-order valence-electron chi connectivity index (χ3n) is 8.00. The molecule has 1 N–H and O–H groups in total. The summed E-state index contributed by atoms with van der Waals surface area (Å²) in [6.45, 7) is 4.06. The van der Waals surface area contributed by atoms with Gasteiger partial charge in [-0.2, -0.15) is 0 Å². The SMILES string of the molecule is COc1cccc(NC(=O)N2CCC3(CC2)CC[C@@]2(C(=O)N(C)C)CN(C(C)=O)C[C@@H]32)c1. The zero-order valence-electron chi connectivity index (χ0n) is 19.5. The monoisotopic (exact) mass is 442 g/mol. The maximum Gasteiger partial charge on any atom is 0.321 e. The minimum Gasteiger partial charge on any atom is -0.497 e. The van der Waals surface area contributed by atoms with Crippen LogP contribution in [0.4, 0.5) is 10.5 Å². The molecule has 4 amide bonds. The Bertz CT molecular complexity index is 909. The van der Waals surface area contributed by atoms with E-state index in [1.807, 2.05) is 28.0 Å². The van der Waals surface area contributed by atoms with Gasteiger partial charge in [-0.25, -0.2) is 4.79 Å². The third-order valence-corrected chi connectivity index (χ3v) is 8.00. The molecule has 2 heterocycles. The molecule has 174 valence electrons. The van der Waals surface area contributed by atoms with Crippen LogP contribution in [0.15, 0.2) is 24.3 Å². The Hall–Kier alpha value is -2.77. The van der Waals surface area contributed by atoms with Gasteiger partial charge in [0.05, 0.1) is 12.5 Å². The lowest BCUT2D eigenvalue weighted by Gasteiger charge is -2.44. The number of ether oxygens (including phenoxy) is 1. The number of nitrogens with one attached hydrogen (secondary N) is 1. The molecule has 2 atom stereocenters. The lowest BCUT2D eigenvalue weighted by atomic mass is 9.65. The van der Waals surface area contributed by atoms with Crippen molar-refractivity contribution in [2.24, 2.45) is 16.7 Å². The molecule has 3 aliphatic rings. The number of rotatable bonds is 3. The highest BCUT2D eigenvalue weighted by Gasteiger charge is 2.65. The Morgan fingerprint density at radius 1 is 1.09 bits per heavy atom. The molecule has 8 heteroatoms. The van der Waals surface area contributed by atoms with Gasteiger partial charge < -0.3 is 24.8 Å². The van der Waals surface area contributed by atoms with E-state index in [0.29, 0.717) is 37.6 Å². The molecule has 1 aromatic rings. The normalized spacial score (nSPS) is 26.1. The summed E-state index contributed by atoms with van der Waals surface area (Å²) in [5, 5.41) is 2.97. The fourth-order valence-electron chi connectivity index (χ4n) is 6.26. The number of methoxy groups -OCH3 is 1. The van der Waals surface area contributed by atoms with Gasteiger partial charge in [0.25, 0.3) is 0 Å². The molecule has 8 nitrogen and oxygen atoms in total. The number of fused-ring (bicyclic) bond motifs is 2. The molecule has 1 aromatic carbocycles. The van der Waals surface area contributed by atoms with E-state index < -0.39 is 5.41 Å². The van der Waals surface area contributed by atoms with Crippen molar-refractivity contribution in [2.45, 2.75) is 32.6 Å². The van der Waals surface area contributed by atoms with Crippen LogP contribution in [0.3, 0.4) is 0 Å². The van der Waals surface area contributed by atoms with Gasteiger partial charge in [-0.3, -0.25) is 9.59 Å². The van der Waals surface area contributed by atoms with Crippen molar-refractivity contribution >= 4 is 23.5 Å². The molecule has 32 heavy (non-hydrogen) atoms. The van der Waals surface area contributed by atoms with Crippen LogP contribution in [0.25, 0.3) is 0 Å². The van der Waals surface area contributed by atoms with Crippen LogP contribution in [-0.2, 0) is 9.59 Å². The van der Waals surface area contributed by atoms with Crippen molar-refractivity contribution in [3.05, 3.63) is 24.3 Å². The standard InChI is InChI=1S/C24H34N4O4/c1-17(29)28-15-20-23(8-9-24(20,16-28)21(30)26(2)3)10-12-27(13-11-23)22(31)25-18-6-5-7-19(14-18)32-4/h5-7,14,20H,8-13,15-16H2,1-4H3,(H,25,31)/t20-,24+/m0/s1. The summed E-state index contributed by atoms with van der Waals surface area (Å²) in [6, 6.07) is 7.22. The molecule has 2 aliphatic heterocycles. The van der Waals surface area contributed by atoms with Crippen LogP contribution >= 0.6 is 0 Å².